The maximum Gasteiger partial charge on any atom is 0.330 e. The normalized spacial score (nSPS) is 13.3. The lowest BCUT2D eigenvalue weighted by atomic mass is 10.2. The molecule has 0 spiro atoms. The van der Waals surface area contributed by atoms with Crippen molar-refractivity contribution < 1.29 is 23.7 Å². The van der Waals surface area contributed by atoms with E-state index in [1.165, 1.54) is 6.08 Å². The first-order valence-electron chi connectivity index (χ1n) is 8.65. The second-order valence-corrected chi connectivity index (χ2v) is 5.92. The van der Waals surface area contributed by atoms with Crippen LogP contribution in [0.2, 0.25) is 0 Å². The molecule has 0 atom stereocenters. The van der Waals surface area contributed by atoms with Crippen molar-refractivity contribution in [3.8, 4) is 17.2 Å². The minimum absolute atomic E-state index is 0.193. The summed E-state index contributed by atoms with van der Waals surface area (Å²) in [6.45, 7) is 3.78. The van der Waals surface area contributed by atoms with Gasteiger partial charge in [0, 0.05) is 12.5 Å². The minimum Gasteiger partial charge on any atom is -0.490 e. The third kappa shape index (κ3) is 5.28. The molecule has 26 heavy (non-hydrogen) atoms. The number of fused-ring (bicyclic) bond motifs is 1. The summed E-state index contributed by atoms with van der Waals surface area (Å²) < 4.78 is 21.9. The van der Waals surface area contributed by atoms with Crippen LogP contribution in [0.3, 0.4) is 0 Å². The first-order valence-corrected chi connectivity index (χ1v) is 8.65. The topological polar surface area (TPSA) is 54.0 Å². The molecule has 0 N–H and O–H groups in total. The van der Waals surface area contributed by atoms with E-state index in [4.69, 9.17) is 18.9 Å². The average Bonchev–Trinajstić information content (AvgIpc) is 2.88. The van der Waals surface area contributed by atoms with Crippen LogP contribution in [0.15, 0.2) is 48.5 Å². The van der Waals surface area contributed by atoms with Gasteiger partial charge in [-0.2, -0.15) is 0 Å². The molecule has 5 heteroatoms. The number of rotatable bonds is 6. The van der Waals surface area contributed by atoms with Crippen LogP contribution in [0.1, 0.15) is 17.5 Å². The lowest BCUT2D eigenvalue weighted by Gasteiger charge is -2.08. The summed E-state index contributed by atoms with van der Waals surface area (Å²) in [5.41, 5.74) is 1.97. The summed E-state index contributed by atoms with van der Waals surface area (Å²) in [6, 6.07) is 13.3. The molecule has 0 amide bonds. The standard InChI is InChI=1S/C21H22O5/c1-16-4-2-5-18(14-16)23-12-13-26-21(22)9-7-17-6-8-19-20(15-17)25-11-3-10-24-19/h2,4-9,14-15H,3,10-13H2,1H3/b9-7+. The average molecular weight is 354 g/mol. The predicted molar refractivity (Wildman–Crippen MR) is 98.7 cm³/mol. The van der Waals surface area contributed by atoms with Crippen molar-refractivity contribution in [2.24, 2.45) is 0 Å². The lowest BCUT2D eigenvalue weighted by molar-refractivity contribution is -0.138. The van der Waals surface area contributed by atoms with Crippen molar-refractivity contribution in [2.75, 3.05) is 26.4 Å². The summed E-state index contributed by atoms with van der Waals surface area (Å²) in [6.07, 6.45) is 3.95. The Bertz CT molecular complexity index is 782. The number of benzene rings is 2. The van der Waals surface area contributed by atoms with E-state index in [1.54, 1.807) is 6.08 Å². The Morgan fingerprint density at radius 3 is 2.77 bits per heavy atom. The highest BCUT2D eigenvalue weighted by Gasteiger charge is 2.09. The smallest absolute Gasteiger partial charge is 0.330 e. The molecule has 0 radical (unpaired) electrons. The Balaban J connectivity index is 1.45. The zero-order valence-electron chi connectivity index (χ0n) is 14.8. The van der Waals surface area contributed by atoms with Gasteiger partial charge >= 0.3 is 5.97 Å². The maximum atomic E-state index is 11.8. The van der Waals surface area contributed by atoms with Crippen LogP contribution in [0.4, 0.5) is 0 Å². The van der Waals surface area contributed by atoms with Crippen LogP contribution in [0, 0.1) is 6.92 Å². The van der Waals surface area contributed by atoms with E-state index in [-0.39, 0.29) is 6.61 Å². The Morgan fingerprint density at radius 1 is 1.08 bits per heavy atom. The molecule has 1 aliphatic heterocycles. The number of hydrogen-bond acceptors (Lipinski definition) is 5. The molecule has 136 valence electrons. The fraction of sp³-hybridized carbons (Fsp3) is 0.286. The van der Waals surface area contributed by atoms with Crippen LogP contribution >= 0.6 is 0 Å². The van der Waals surface area contributed by atoms with E-state index >= 15 is 0 Å². The molecule has 5 nitrogen and oxygen atoms in total. The fourth-order valence-electron chi connectivity index (χ4n) is 2.50. The zero-order valence-corrected chi connectivity index (χ0v) is 14.8. The second-order valence-electron chi connectivity index (χ2n) is 5.92. The van der Waals surface area contributed by atoms with Crippen LogP contribution in [-0.4, -0.2) is 32.4 Å². The summed E-state index contributed by atoms with van der Waals surface area (Å²) in [5.74, 6) is 1.79. The molecular formula is C21H22O5. The Morgan fingerprint density at radius 2 is 1.92 bits per heavy atom. The van der Waals surface area contributed by atoms with Gasteiger partial charge in [-0.15, -0.1) is 0 Å². The summed E-state index contributed by atoms with van der Waals surface area (Å²) >= 11 is 0. The molecular weight excluding hydrogens is 332 g/mol. The highest BCUT2D eigenvalue weighted by Crippen LogP contribution is 2.30. The Kier molecular flexibility index (Phi) is 6.14. The van der Waals surface area contributed by atoms with Gasteiger partial charge in [0.2, 0.25) is 0 Å². The van der Waals surface area contributed by atoms with Crippen molar-refractivity contribution in [1.82, 2.24) is 0 Å². The zero-order chi connectivity index (χ0) is 18.2. The number of esters is 1. The monoisotopic (exact) mass is 354 g/mol. The van der Waals surface area contributed by atoms with E-state index < -0.39 is 5.97 Å². The van der Waals surface area contributed by atoms with Gasteiger partial charge in [-0.25, -0.2) is 4.79 Å². The molecule has 2 aromatic carbocycles. The highest BCUT2D eigenvalue weighted by atomic mass is 16.6. The second kappa shape index (κ2) is 8.94. The van der Waals surface area contributed by atoms with E-state index in [1.807, 2.05) is 49.4 Å². The predicted octanol–water partition coefficient (Wildman–Crippen LogP) is 3.79. The number of hydrogen-bond donors (Lipinski definition) is 0. The molecule has 0 aromatic heterocycles. The molecule has 1 heterocycles. The molecule has 0 saturated heterocycles. The van der Waals surface area contributed by atoms with E-state index in [0.29, 0.717) is 25.6 Å². The van der Waals surface area contributed by atoms with Crippen molar-refractivity contribution in [3.05, 3.63) is 59.7 Å². The summed E-state index contributed by atoms with van der Waals surface area (Å²) in [5, 5.41) is 0. The van der Waals surface area contributed by atoms with Crippen molar-refractivity contribution in [3.63, 3.8) is 0 Å². The fourth-order valence-corrected chi connectivity index (χ4v) is 2.50. The van der Waals surface area contributed by atoms with E-state index in [9.17, 15) is 4.79 Å². The molecule has 0 fully saturated rings. The quantitative estimate of drug-likeness (QED) is 0.449. The Hall–Kier alpha value is -2.95. The van der Waals surface area contributed by atoms with E-state index in [2.05, 4.69) is 0 Å². The Labute approximate surface area is 153 Å². The molecule has 0 aliphatic carbocycles. The van der Waals surface area contributed by atoms with Crippen LogP contribution < -0.4 is 14.2 Å². The maximum absolute atomic E-state index is 11.8. The van der Waals surface area contributed by atoms with Gasteiger partial charge < -0.3 is 18.9 Å². The number of aryl methyl sites for hydroxylation is 1. The van der Waals surface area contributed by atoms with Gasteiger partial charge in [0.25, 0.3) is 0 Å². The molecule has 0 saturated carbocycles. The minimum atomic E-state index is -0.412. The lowest BCUT2D eigenvalue weighted by Crippen LogP contribution is -2.10. The van der Waals surface area contributed by atoms with Crippen LogP contribution in [0.25, 0.3) is 6.08 Å². The first-order chi connectivity index (χ1) is 12.7. The first kappa shape index (κ1) is 17.9. The third-order valence-corrected chi connectivity index (χ3v) is 3.77. The van der Waals surface area contributed by atoms with Gasteiger partial charge in [-0.1, -0.05) is 18.2 Å². The highest BCUT2D eigenvalue weighted by molar-refractivity contribution is 5.87. The van der Waals surface area contributed by atoms with Crippen molar-refractivity contribution >= 4 is 12.0 Å². The third-order valence-electron chi connectivity index (χ3n) is 3.77. The molecule has 1 aliphatic rings. The van der Waals surface area contributed by atoms with Crippen molar-refractivity contribution in [1.29, 1.82) is 0 Å². The molecule has 0 bridgehead atoms. The van der Waals surface area contributed by atoms with Gasteiger partial charge in [0.1, 0.15) is 19.0 Å². The molecule has 0 unspecified atom stereocenters. The van der Waals surface area contributed by atoms with E-state index in [0.717, 1.165) is 29.0 Å². The van der Waals surface area contributed by atoms with Gasteiger partial charge in [-0.05, 0) is 48.4 Å². The summed E-state index contributed by atoms with van der Waals surface area (Å²) in [7, 11) is 0. The molecule has 2 aromatic rings. The van der Waals surface area contributed by atoms with Gasteiger partial charge in [-0.3, -0.25) is 0 Å². The van der Waals surface area contributed by atoms with Gasteiger partial charge in [0.15, 0.2) is 11.5 Å². The van der Waals surface area contributed by atoms with Crippen LogP contribution in [-0.2, 0) is 9.53 Å². The SMILES string of the molecule is Cc1cccc(OCCOC(=O)/C=C/c2ccc3c(c2)OCCCO3)c1. The van der Waals surface area contributed by atoms with Crippen molar-refractivity contribution in [2.45, 2.75) is 13.3 Å². The summed E-state index contributed by atoms with van der Waals surface area (Å²) in [4.78, 5) is 11.8. The van der Waals surface area contributed by atoms with Gasteiger partial charge in [0.05, 0.1) is 13.2 Å². The molecule has 3 rings (SSSR count). The largest absolute Gasteiger partial charge is 0.490 e. The number of carbonyl (C=O) groups is 1. The van der Waals surface area contributed by atoms with Crippen LogP contribution in [0.5, 0.6) is 17.2 Å². The number of carbonyl (C=O) groups excluding carboxylic acids is 1. The number of ether oxygens (including phenoxy) is 4.